The number of aryl methyl sites for hydroxylation is 1. The topological polar surface area (TPSA) is 128 Å². The number of nitrogens with zero attached hydrogens (tertiary/aromatic N) is 5. The maximum absolute atomic E-state index is 14.8. The lowest BCUT2D eigenvalue weighted by molar-refractivity contribution is 0.0648. The fourth-order valence-electron chi connectivity index (χ4n) is 7.25. The van der Waals surface area contributed by atoms with Crippen LogP contribution < -0.4 is 20.1 Å². The fraction of sp³-hybridized carbons (Fsp3) is 0.225. The van der Waals surface area contributed by atoms with Crippen molar-refractivity contribution in [1.82, 2.24) is 19.0 Å². The number of phenolic OH excluding ortho intramolecular Hbond substituents is 1. The number of ether oxygens (including phenoxy) is 2. The second kappa shape index (κ2) is 12.7. The summed E-state index contributed by atoms with van der Waals surface area (Å²) in [6, 6.07) is 23.8. The Morgan fingerprint density at radius 2 is 1.71 bits per heavy atom. The minimum Gasteiger partial charge on any atom is -0.508 e. The van der Waals surface area contributed by atoms with Crippen molar-refractivity contribution >= 4 is 34.2 Å². The molecule has 0 spiro atoms. The van der Waals surface area contributed by atoms with Crippen LogP contribution in [0.25, 0.3) is 22.3 Å². The first-order valence-corrected chi connectivity index (χ1v) is 17.0. The quantitative estimate of drug-likeness (QED) is 0.202. The maximum atomic E-state index is 14.8. The molecule has 0 aliphatic carbocycles. The summed E-state index contributed by atoms with van der Waals surface area (Å²) in [6.45, 7) is 5.51. The lowest BCUT2D eigenvalue weighted by atomic mass is 9.92. The molecular formula is C40H38N6O5. The number of fused-ring (bicyclic) bond motifs is 3. The smallest absolute Gasteiger partial charge is 0.264 e. The number of hydrogen-bond donors (Lipinski definition) is 2. The van der Waals surface area contributed by atoms with Crippen LogP contribution >= 0.6 is 0 Å². The van der Waals surface area contributed by atoms with Crippen LogP contribution in [0.3, 0.4) is 0 Å². The van der Waals surface area contributed by atoms with Crippen LogP contribution in [0.15, 0.2) is 91.3 Å². The van der Waals surface area contributed by atoms with E-state index >= 15 is 0 Å². The van der Waals surface area contributed by atoms with Crippen molar-refractivity contribution < 1.29 is 24.2 Å². The number of nitrogens with two attached hydrogens (primary N) is 1. The van der Waals surface area contributed by atoms with Gasteiger partial charge in [-0.1, -0.05) is 24.3 Å². The molecular weight excluding hydrogens is 644 g/mol. The molecule has 258 valence electrons. The Balaban J connectivity index is 1.23. The average Bonchev–Trinajstić information content (AvgIpc) is 3.87. The predicted molar refractivity (Wildman–Crippen MR) is 195 cm³/mol. The summed E-state index contributed by atoms with van der Waals surface area (Å²) < 4.78 is 15.5. The number of pyridine rings is 1. The van der Waals surface area contributed by atoms with Crippen LogP contribution in [0.2, 0.25) is 0 Å². The van der Waals surface area contributed by atoms with Gasteiger partial charge in [0.1, 0.15) is 11.4 Å². The molecule has 5 heterocycles. The molecule has 2 aliphatic rings. The van der Waals surface area contributed by atoms with E-state index in [1.165, 1.54) is 5.56 Å². The lowest BCUT2D eigenvalue weighted by Gasteiger charge is -2.37. The van der Waals surface area contributed by atoms with Gasteiger partial charge in [0.05, 0.1) is 23.0 Å². The summed E-state index contributed by atoms with van der Waals surface area (Å²) in [5.74, 6) is 0.637. The molecule has 3 aromatic heterocycles. The highest BCUT2D eigenvalue weighted by atomic mass is 16.7. The SMILES string of the molecule is CCn1ccc2cc(N(C(=O)c3cc(-c4cc5c(cc4C(=O)N4Cc6ccccc6C[C@H]4CN)OCO5)n(C)c3C)c3ccc(O)cc3)cnc21. The van der Waals surface area contributed by atoms with E-state index in [0.29, 0.717) is 70.5 Å². The van der Waals surface area contributed by atoms with E-state index in [1.807, 2.05) is 76.7 Å². The highest BCUT2D eigenvalue weighted by molar-refractivity contribution is 6.13. The normalized spacial score (nSPS) is 14.9. The molecule has 2 amide bonds. The van der Waals surface area contributed by atoms with Crippen molar-refractivity contribution in [3.63, 3.8) is 0 Å². The van der Waals surface area contributed by atoms with Gasteiger partial charge in [-0.15, -0.1) is 0 Å². The summed E-state index contributed by atoms with van der Waals surface area (Å²) in [7, 11) is 1.88. The first kappa shape index (κ1) is 32.2. The third-order valence-corrected chi connectivity index (χ3v) is 10.2. The molecule has 11 nitrogen and oxygen atoms in total. The molecule has 51 heavy (non-hydrogen) atoms. The molecule has 11 heteroatoms. The van der Waals surface area contributed by atoms with E-state index in [4.69, 9.17) is 20.2 Å². The largest absolute Gasteiger partial charge is 0.508 e. The Labute approximate surface area is 295 Å². The molecule has 8 rings (SSSR count). The highest BCUT2D eigenvalue weighted by Gasteiger charge is 2.34. The van der Waals surface area contributed by atoms with Crippen LogP contribution in [0, 0.1) is 6.92 Å². The number of anilines is 2. The summed E-state index contributed by atoms with van der Waals surface area (Å²) in [5.41, 5.74) is 13.4. The van der Waals surface area contributed by atoms with Crippen LogP contribution in [0.4, 0.5) is 11.4 Å². The van der Waals surface area contributed by atoms with Gasteiger partial charge < -0.3 is 34.3 Å². The standard InChI is InChI=1S/C40H38N6O5/c1-4-44-14-13-26-16-30(21-42-38(26)44)46(28-9-11-31(47)12-10-28)40(49)32-17-35(43(3)24(32)2)33-18-36-37(51-23-50-36)19-34(33)39(48)45-22-27-8-6-5-7-25(27)15-29(45)20-41/h5-14,16-19,21,29,47H,4,15,20,22-23,41H2,1-3H3/t29-/m0/s1. The fourth-order valence-corrected chi connectivity index (χ4v) is 7.25. The van der Waals surface area contributed by atoms with Crippen LogP contribution in [0.1, 0.15) is 44.5 Å². The molecule has 3 aromatic carbocycles. The van der Waals surface area contributed by atoms with Gasteiger partial charge in [-0.3, -0.25) is 14.5 Å². The van der Waals surface area contributed by atoms with Gasteiger partial charge in [0.15, 0.2) is 11.5 Å². The lowest BCUT2D eigenvalue weighted by Crippen LogP contribution is -2.48. The number of benzene rings is 3. The van der Waals surface area contributed by atoms with E-state index in [1.54, 1.807) is 41.4 Å². The zero-order chi connectivity index (χ0) is 35.4. The summed E-state index contributed by atoms with van der Waals surface area (Å²) in [5, 5.41) is 11.0. The van der Waals surface area contributed by atoms with Crippen molar-refractivity contribution in [3.05, 3.63) is 119 Å². The van der Waals surface area contributed by atoms with Crippen LogP contribution in [0.5, 0.6) is 17.2 Å². The number of carbonyl (C=O) groups is 2. The monoisotopic (exact) mass is 682 g/mol. The second-order valence-electron chi connectivity index (χ2n) is 13.0. The molecule has 0 bridgehead atoms. The Hall–Kier alpha value is -6.07. The number of aromatic nitrogens is 3. The van der Waals surface area contributed by atoms with E-state index in [-0.39, 0.29) is 30.4 Å². The van der Waals surface area contributed by atoms with E-state index < -0.39 is 0 Å². The van der Waals surface area contributed by atoms with E-state index in [0.717, 1.165) is 23.1 Å². The third-order valence-electron chi connectivity index (χ3n) is 10.2. The Kier molecular flexibility index (Phi) is 7.99. The first-order valence-electron chi connectivity index (χ1n) is 17.0. The Morgan fingerprint density at radius 1 is 0.961 bits per heavy atom. The van der Waals surface area contributed by atoms with Crippen molar-refractivity contribution in [2.45, 2.75) is 39.4 Å². The van der Waals surface area contributed by atoms with Gasteiger partial charge in [-0.05, 0) is 86.0 Å². The van der Waals surface area contributed by atoms with Gasteiger partial charge >= 0.3 is 0 Å². The number of phenols is 1. The van der Waals surface area contributed by atoms with Crippen LogP contribution in [-0.4, -0.2) is 55.3 Å². The van der Waals surface area contributed by atoms with Crippen molar-refractivity contribution in [1.29, 1.82) is 0 Å². The van der Waals surface area contributed by atoms with Gasteiger partial charge in [-0.2, -0.15) is 0 Å². The second-order valence-corrected chi connectivity index (χ2v) is 13.0. The molecule has 0 fully saturated rings. The number of hydrogen-bond acceptors (Lipinski definition) is 7. The molecule has 1 atom stereocenters. The zero-order valence-electron chi connectivity index (χ0n) is 28.7. The van der Waals surface area contributed by atoms with Crippen molar-refractivity contribution in [2.75, 3.05) is 18.2 Å². The first-order chi connectivity index (χ1) is 24.7. The van der Waals surface area contributed by atoms with Crippen molar-refractivity contribution in [2.24, 2.45) is 12.8 Å². The van der Waals surface area contributed by atoms with Crippen LogP contribution in [-0.2, 0) is 26.6 Å². The van der Waals surface area contributed by atoms with Gasteiger partial charge in [0.2, 0.25) is 6.79 Å². The summed E-state index contributed by atoms with van der Waals surface area (Å²) in [6.07, 6.45) is 4.33. The van der Waals surface area contributed by atoms with E-state index in [2.05, 4.69) is 13.0 Å². The number of amides is 2. The Morgan fingerprint density at radius 3 is 2.45 bits per heavy atom. The number of carbonyl (C=O) groups excluding carboxylic acids is 2. The average molecular weight is 683 g/mol. The summed E-state index contributed by atoms with van der Waals surface area (Å²) >= 11 is 0. The molecule has 6 aromatic rings. The van der Waals surface area contributed by atoms with Gasteiger partial charge in [0.25, 0.3) is 11.8 Å². The minimum atomic E-state index is -0.291. The molecule has 0 saturated carbocycles. The minimum absolute atomic E-state index is 0.0481. The molecule has 0 saturated heterocycles. The number of aromatic hydroxyl groups is 1. The molecule has 2 aliphatic heterocycles. The predicted octanol–water partition coefficient (Wildman–Crippen LogP) is 6.31. The highest BCUT2D eigenvalue weighted by Crippen LogP contribution is 2.42. The maximum Gasteiger partial charge on any atom is 0.264 e. The molecule has 0 radical (unpaired) electrons. The van der Waals surface area contributed by atoms with E-state index in [9.17, 15) is 14.7 Å². The summed E-state index contributed by atoms with van der Waals surface area (Å²) in [4.78, 5) is 37.5. The molecule has 0 unspecified atom stereocenters. The van der Waals surface area contributed by atoms with Gasteiger partial charge in [0, 0.05) is 66.9 Å². The molecule has 3 N–H and O–H groups in total. The Bertz CT molecular complexity index is 2320. The van der Waals surface area contributed by atoms with Gasteiger partial charge in [-0.25, -0.2) is 4.98 Å². The number of rotatable bonds is 7. The third kappa shape index (κ3) is 5.46. The van der Waals surface area contributed by atoms with Crippen molar-refractivity contribution in [3.8, 4) is 28.5 Å². The zero-order valence-corrected chi connectivity index (χ0v) is 28.7.